The average Bonchev–Trinajstić information content (AvgIpc) is 3.02. The summed E-state index contributed by atoms with van der Waals surface area (Å²) in [5.41, 5.74) is 2.47. The molecule has 0 spiro atoms. The maximum absolute atomic E-state index is 12.2. The summed E-state index contributed by atoms with van der Waals surface area (Å²) in [4.78, 5) is 25.8. The van der Waals surface area contributed by atoms with Gasteiger partial charge in [-0.1, -0.05) is 35.3 Å². The van der Waals surface area contributed by atoms with Crippen molar-refractivity contribution in [2.75, 3.05) is 16.8 Å². The standard InChI is InChI=1S/C19H18Cl2N2O2/c20-16-8-6-13(11-17(16)21)7-9-18(24)22-14-3-1-4-15(12-14)23-10-2-5-19(23)25/h1,3-4,6,8,11-12H,2,5,7,9-10H2,(H,22,24). The van der Waals surface area contributed by atoms with Crippen LogP contribution in [0, 0.1) is 0 Å². The van der Waals surface area contributed by atoms with Gasteiger partial charge in [0.2, 0.25) is 11.8 Å². The second kappa shape index (κ2) is 7.89. The fraction of sp³-hybridized carbons (Fsp3) is 0.263. The maximum atomic E-state index is 12.2. The predicted octanol–water partition coefficient (Wildman–Crippen LogP) is 4.69. The lowest BCUT2D eigenvalue weighted by molar-refractivity contribution is -0.117. The first-order valence-electron chi connectivity index (χ1n) is 8.17. The first-order chi connectivity index (χ1) is 12.0. The van der Waals surface area contributed by atoms with E-state index in [1.807, 2.05) is 30.3 Å². The Morgan fingerprint density at radius 2 is 1.96 bits per heavy atom. The van der Waals surface area contributed by atoms with E-state index in [-0.39, 0.29) is 11.8 Å². The van der Waals surface area contributed by atoms with Crippen LogP contribution in [0.4, 0.5) is 11.4 Å². The molecule has 0 unspecified atom stereocenters. The summed E-state index contributed by atoms with van der Waals surface area (Å²) < 4.78 is 0. The Morgan fingerprint density at radius 3 is 2.68 bits per heavy atom. The molecule has 1 fully saturated rings. The van der Waals surface area contributed by atoms with Crippen molar-refractivity contribution in [2.45, 2.75) is 25.7 Å². The summed E-state index contributed by atoms with van der Waals surface area (Å²) in [6, 6.07) is 12.7. The highest BCUT2D eigenvalue weighted by molar-refractivity contribution is 6.42. The van der Waals surface area contributed by atoms with Crippen LogP contribution in [0.2, 0.25) is 10.0 Å². The molecular formula is C19H18Cl2N2O2. The van der Waals surface area contributed by atoms with Gasteiger partial charge in [0.15, 0.2) is 0 Å². The molecule has 0 aromatic heterocycles. The number of amides is 2. The molecule has 1 N–H and O–H groups in total. The van der Waals surface area contributed by atoms with Crippen LogP contribution in [0.5, 0.6) is 0 Å². The first-order valence-corrected chi connectivity index (χ1v) is 8.93. The lowest BCUT2D eigenvalue weighted by Gasteiger charge is -2.16. The number of nitrogens with one attached hydrogen (secondary N) is 1. The zero-order chi connectivity index (χ0) is 17.8. The molecule has 0 aliphatic carbocycles. The molecule has 0 saturated carbocycles. The molecule has 1 aliphatic rings. The van der Waals surface area contributed by atoms with Crippen molar-refractivity contribution in [3.63, 3.8) is 0 Å². The van der Waals surface area contributed by atoms with Gasteiger partial charge in [-0.2, -0.15) is 0 Å². The quantitative estimate of drug-likeness (QED) is 0.822. The smallest absolute Gasteiger partial charge is 0.227 e. The average molecular weight is 377 g/mol. The van der Waals surface area contributed by atoms with Gasteiger partial charge in [-0.05, 0) is 48.7 Å². The maximum Gasteiger partial charge on any atom is 0.227 e. The molecular weight excluding hydrogens is 359 g/mol. The Balaban J connectivity index is 1.59. The minimum absolute atomic E-state index is 0.0871. The van der Waals surface area contributed by atoms with Crippen molar-refractivity contribution in [1.82, 2.24) is 0 Å². The monoisotopic (exact) mass is 376 g/mol. The third-order valence-electron chi connectivity index (χ3n) is 4.14. The van der Waals surface area contributed by atoms with Crippen LogP contribution in [-0.2, 0) is 16.0 Å². The van der Waals surface area contributed by atoms with Crippen LogP contribution in [0.15, 0.2) is 42.5 Å². The molecule has 130 valence electrons. The molecule has 4 nitrogen and oxygen atoms in total. The van der Waals surface area contributed by atoms with Crippen molar-refractivity contribution in [3.05, 3.63) is 58.1 Å². The third-order valence-corrected chi connectivity index (χ3v) is 4.88. The molecule has 6 heteroatoms. The van der Waals surface area contributed by atoms with Gasteiger partial charge in [0.1, 0.15) is 0 Å². The normalized spacial score (nSPS) is 14.0. The van der Waals surface area contributed by atoms with Crippen molar-refractivity contribution >= 4 is 46.4 Å². The molecule has 2 amide bonds. The number of aryl methyl sites for hydroxylation is 1. The van der Waals surface area contributed by atoms with Crippen LogP contribution < -0.4 is 10.2 Å². The molecule has 2 aromatic carbocycles. The van der Waals surface area contributed by atoms with Gasteiger partial charge >= 0.3 is 0 Å². The zero-order valence-corrected chi connectivity index (χ0v) is 15.1. The van der Waals surface area contributed by atoms with E-state index in [1.165, 1.54) is 0 Å². The minimum atomic E-state index is -0.0871. The summed E-state index contributed by atoms with van der Waals surface area (Å²) in [7, 11) is 0. The number of benzene rings is 2. The largest absolute Gasteiger partial charge is 0.326 e. The van der Waals surface area contributed by atoms with Crippen molar-refractivity contribution in [1.29, 1.82) is 0 Å². The predicted molar refractivity (Wildman–Crippen MR) is 101 cm³/mol. The zero-order valence-electron chi connectivity index (χ0n) is 13.6. The number of hydrogen-bond donors (Lipinski definition) is 1. The lowest BCUT2D eigenvalue weighted by atomic mass is 10.1. The summed E-state index contributed by atoms with van der Waals surface area (Å²) in [6.45, 7) is 0.730. The Morgan fingerprint density at radius 1 is 1.12 bits per heavy atom. The number of carbonyl (C=O) groups excluding carboxylic acids is 2. The highest BCUT2D eigenvalue weighted by atomic mass is 35.5. The fourth-order valence-electron chi connectivity index (χ4n) is 2.85. The summed E-state index contributed by atoms with van der Waals surface area (Å²) >= 11 is 11.9. The topological polar surface area (TPSA) is 49.4 Å². The van der Waals surface area contributed by atoms with Crippen LogP contribution in [0.25, 0.3) is 0 Å². The van der Waals surface area contributed by atoms with E-state index in [0.29, 0.717) is 35.0 Å². The van der Waals surface area contributed by atoms with Crippen molar-refractivity contribution in [3.8, 4) is 0 Å². The van der Waals surface area contributed by atoms with Gasteiger partial charge in [0.25, 0.3) is 0 Å². The minimum Gasteiger partial charge on any atom is -0.326 e. The van der Waals surface area contributed by atoms with Gasteiger partial charge in [-0.15, -0.1) is 0 Å². The lowest BCUT2D eigenvalue weighted by Crippen LogP contribution is -2.23. The van der Waals surface area contributed by atoms with Crippen molar-refractivity contribution < 1.29 is 9.59 Å². The van der Waals surface area contributed by atoms with Gasteiger partial charge in [-0.25, -0.2) is 0 Å². The highest BCUT2D eigenvalue weighted by Gasteiger charge is 2.21. The summed E-state index contributed by atoms with van der Waals surface area (Å²) in [6.07, 6.45) is 2.37. The molecule has 0 bridgehead atoms. The van der Waals surface area contributed by atoms with Crippen LogP contribution >= 0.6 is 23.2 Å². The van der Waals surface area contributed by atoms with E-state index in [1.54, 1.807) is 17.0 Å². The summed E-state index contributed by atoms with van der Waals surface area (Å²) in [5.74, 6) is 0.0408. The Hall–Kier alpha value is -2.04. The van der Waals surface area contributed by atoms with Gasteiger partial charge in [0, 0.05) is 30.8 Å². The number of rotatable bonds is 5. The number of hydrogen-bond acceptors (Lipinski definition) is 2. The second-order valence-electron chi connectivity index (χ2n) is 6.00. The summed E-state index contributed by atoms with van der Waals surface area (Å²) in [5, 5.41) is 3.87. The number of nitrogens with zero attached hydrogens (tertiary/aromatic N) is 1. The van der Waals surface area contributed by atoms with Crippen LogP contribution in [0.1, 0.15) is 24.8 Å². The van der Waals surface area contributed by atoms with E-state index in [4.69, 9.17) is 23.2 Å². The van der Waals surface area contributed by atoms with Gasteiger partial charge in [-0.3, -0.25) is 9.59 Å². The Kier molecular flexibility index (Phi) is 5.61. The molecule has 1 heterocycles. The number of anilines is 2. The van der Waals surface area contributed by atoms with E-state index >= 15 is 0 Å². The van der Waals surface area contributed by atoms with Crippen molar-refractivity contribution in [2.24, 2.45) is 0 Å². The Labute approximate surface area is 156 Å². The molecule has 0 atom stereocenters. The van der Waals surface area contributed by atoms with E-state index in [2.05, 4.69) is 5.32 Å². The molecule has 3 rings (SSSR count). The van der Waals surface area contributed by atoms with E-state index < -0.39 is 0 Å². The van der Waals surface area contributed by atoms with Gasteiger partial charge < -0.3 is 10.2 Å². The third kappa shape index (κ3) is 4.53. The van der Waals surface area contributed by atoms with E-state index in [9.17, 15) is 9.59 Å². The van der Waals surface area contributed by atoms with E-state index in [0.717, 1.165) is 24.2 Å². The highest BCUT2D eigenvalue weighted by Crippen LogP contribution is 2.25. The van der Waals surface area contributed by atoms with Gasteiger partial charge in [0.05, 0.1) is 10.0 Å². The number of carbonyl (C=O) groups is 2. The molecule has 25 heavy (non-hydrogen) atoms. The second-order valence-corrected chi connectivity index (χ2v) is 6.81. The molecule has 0 radical (unpaired) electrons. The SMILES string of the molecule is O=C(CCc1ccc(Cl)c(Cl)c1)Nc1cccc(N2CCCC2=O)c1. The fourth-order valence-corrected chi connectivity index (χ4v) is 3.17. The molecule has 2 aromatic rings. The molecule has 1 aliphatic heterocycles. The Bertz CT molecular complexity index is 808. The van der Waals surface area contributed by atoms with Crippen LogP contribution in [0.3, 0.4) is 0 Å². The number of halogens is 2. The molecule has 1 saturated heterocycles. The first kappa shape index (κ1) is 17.8. The van der Waals surface area contributed by atoms with Crippen LogP contribution in [-0.4, -0.2) is 18.4 Å².